The first-order valence-electron chi connectivity index (χ1n) is 5.85. The Morgan fingerprint density at radius 3 is 2.61 bits per heavy atom. The first kappa shape index (κ1) is 12.8. The molecule has 2 aromatic rings. The van der Waals surface area contributed by atoms with Crippen LogP contribution in [0.15, 0.2) is 36.7 Å². The molecule has 2 nitrogen and oxygen atoms in total. The minimum Gasteiger partial charge on any atom is -0.357 e. The van der Waals surface area contributed by atoms with Gasteiger partial charge in [-0.15, -0.1) is 0 Å². The lowest BCUT2D eigenvalue weighted by molar-refractivity contribution is 0.500. The molecule has 1 unspecified atom stereocenters. The van der Waals surface area contributed by atoms with Crippen molar-refractivity contribution in [2.24, 2.45) is 7.05 Å². The van der Waals surface area contributed by atoms with Crippen LogP contribution in [-0.4, -0.2) is 4.57 Å². The van der Waals surface area contributed by atoms with Crippen LogP contribution in [0.3, 0.4) is 0 Å². The molecule has 0 bridgehead atoms. The molecule has 0 radical (unpaired) electrons. The van der Waals surface area contributed by atoms with Crippen LogP contribution in [0.1, 0.15) is 24.1 Å². The first-order valence-corrected chi connectivity index (χ1v) is 5.85. The van der Waals surface area contributed by atoms with E-state index in [0.29, 0.717) is 6.54 Å². The third-order valence-corrected chi connectivity index (χ3v) is 2.95. The summed E-state index contributed by atoms with van der Waals surface area (Å²) in [6.45, 7) is 2.62. The van der Waals surface area contributed by atoms with Gasteiger partial charge < -0.3 is 9.88 Å². The summed E-state index contributed by atoms with van der Waals surface area (Å²) in [5.41, 5.74) is 1.90. The van der Waals surface area contributed by atoms with Gasteiger partial charge in [0.15, 0.2) is 11.6 Å². The summed E-state index contributed by atoms with van der Waals surface area (Å²) in [5, 5.41) is 3.27. The first-order chi connectivity index (χ1) is 8.56. The van der Waals surface area contributed by atoms with Crippen LogP contribution >= 0.6 is 0 Å². The predicted octanol–water partition coefficient (Wildman–Crippen LogP) is 3.15. The largest absolute Gasteiger partial charge is 0.357 e. The molecule has 1 aromatic heterocycles. The maximum Gasteiger partial charge on any atom is 0.159 e. The summed E-state index contributed by atoms with van der Waals surface area (Å²) >= 11 is 0. The third-order valence-electron chi connectivity index (χ3n) is 2.95. The Morgan fingerprint density at radius 1 is 1.22 bits per heavy atom. The number of halogens is 2. The van der Waals surface area contributed by atoms with Crippen molar-refractivity contribution in [2.45, 2.75) is 19.5 Å². The number of aromatic nitrogens is 1. The van der Waals surface area contributed by atoms with Gasteiger partial charge in [0.05, 0.1) is 0 Å². The lowest BCUT2D eigenvalue weighted by atomic mass is 10.1. The molecule has 0 saturated heterocycles. The number of rotatable bonds is 4. The highest BCUT2D eigenvalue weighted by Gasteiger charge is 2.08. The van der Waals surface area contributed by atoms with Crippen molar-refractivity contribution in [2.75, 3.05) is 0 Å². The molecule has 18 heavy (non-hydrogen) atoms. The quantitative estimate of drug-likeness (QED) is 0.882. The zero-order chi connectivity index (χ0) is 13.1. The molecule has 1 atom stereocenters. The molecule has 0 amide bonds. The van der Waals surface area contributed by atoms with Gasteiger partial charge in [-0.05, 0) is 36.2 Å². The summed E-state index contributed by atoms with van der Waals surface area (Å²) in [4.78, 5) is 0. The van der Waals surface area contributed by atoms with Crippen LogP contribution in [0.5, 0.6) is 0 Å². The molecule has 4 heteroatoms. The van der Waals surface area contributed by atoms with Crippen molar-refractivity contribution in [3.63, 3.8) is 0 Å². The monoisotopic (exact) mass is 250 g/mol. The SMILES string of the molecule is CC(NCc1ccn(C)c1)c1ccc(F)c(F)c1. The van der Waals surface area contributed by atoms with E-state index in [0.717, 1.165) is 17.2 Å². The van der Waals surface area contributed by atoms with Gasteiger partial charge in [-0.1, -0.05) is 6.07 Å². The number of nitrogens with one attached hydrogen (secondary N) is 1. The van der Waals surface area contributed by atoms with Gasteiger partial charge in [-0.25, -0.2) is 8.78 Å². The Morgan fingerprint density at radius 2 is 2.00 bits per heavy atom. The molecule has 0 aliphatic carbocycles. The van der Waals surface area contributed by atoms with Crippen molar-refractivity contribution < 1.29 is 8.78 Å². The Bertz CT molecular complexity index is 534. The van der Waals surface area contributed by atoms with Gasteiger partial charge in [0, 0.05) is 32.0 Å². The lowest BCUT2D eigenvalue weighted by Crippen LogP contribution is -2.18. The average Bonchev–Trinajstić information content (AvgIpc) is 2.75. The number of benzene rings is 1. The standard InChI is InChI=1S/C14H16F2N2/c1-10(12-3-4-13(15)14(16)7-12)17-8-11-5-6-18(2)9-11/h3-7,9-10,17H,8H2,1-2H3. The van der Waals surface area contributed by atoms with E-state index in [1.54, 1.807) is 6.07 Å². The zero-order valence-corrected chi connectivity index (χ0v) is 10.5. The highest BCUT2D eigenvalue weighted by Crippen LogP contribution is 2.16. The minimum absolute atomic E-state index is 0.0275. The third kappa shape index (κ3) is 2.96. The van der Waals surface area contributed by atoms with Crippen LogP contribution in [0.2, 0.25) is 0 Å². The topological polar surface area (TPSA) is 17.0 Å². The Labute approximate surface area is 105 Å². The van der Waals surface area contributed by atoms with E-state index in [4.69, 9.17) is 0 Å². The van der Waals surface area contributed by atoms with E-state index in [9.17, 15) is 8.78 Å². The summed E-state index contributed by atoms with van der Waals surface area (Å²) in [5.74, 6) is -1.62. The summed E-state index contributed by atoms with van der Waals surface area (Å²) in [6.07, 6.45) is 3.99. The highest BCUT2D eigenvalue weighted by molar-refractivity contribution is 5.21. The molecule has 0 saturated carbocycles. The summed E-state index contributed by atoms with van der Waals surface area (Å²) in [7, 11) is 1.96. The van der Waals surface area contributed by atoms with Crippen LogP contribution in [0, 0.1) is 11.6 Å². The summed E-state index contributed by atoms with van der Waals surface area (Å²) in [6, 6.07) is 5.98. The van der Waals surface area contributed by atoms with E-state index in [2.05, 4.69) is 5.32 Å². The molecule has 2 rings (SSSR count). The summed E-state index contributed by atoms with van der Waals surface area (Å²) < 4.78 is 27.9. The molecule has 1 heterocycles. The molecule has 1 aromatic carbocycles. The fourth-order valence-electron chi connectivity index (χ4n) is 1.84. The maximum atomic E-state index is 13.1. The molecular weight excluding hydrogens is 234 g/mol. The lowest BCUT2D eigenvalue weighted by Gasteiger charge is -2.14. The van der Waals surface area contributed by atoms with Gasteiger partial charge in [0.25, 0.3) is 0 Å². The molecule has 1 N–H and O–H groups in total. The van der Waals surface area contributed by atoms with Gasteiger partial charge in [-0.3, -0.25) is 0 Å². The second-order valence-electron chi connectivity index (χ2n) is 4.46. The van der Waals surface area contributed by atoms with Crippen LogP contribution < -0.4 is 5.32 Å². The van der Waals surface area contributed by atoms with E-state index < -0.39 is 11.6 Å². The molecule has 0 aliphatic rings. The average molecular weight is 250 g/mol. The van der Waals surface area contributed by atoms with Gasteiger partial charge in [0.2, 0.25) is 0 Å². The Hall–Kier alpha value is -1.68. The van der Waals surface area contributed by atoms with Gasteiger partial charge in [-0.2, -0.15) is 0 Å². The second kappa shape index (κ2) is 5.31. The van der Waals surface area contributed by atoms with Crippen molar-refractivity contribution in [3.05, 3.63) is 59.4 Å². The molecule has 0 fully saturated rings. The normalized spacial score (nSPS) is 12.7. The minimum atomic E-state index is -0.811. The van der Waals surface area contributed by atoms with Crippen LogP contribution in [-0.2, 0) is 13.6 Å². The number of aryl methyl sites for hydroxylation is 1. The van der Waals surface area contributed by atoms with Crippen molar-refractivity contribution in [3.8, 4) is 0 Å². The molecule has 96 valence electrons. The van der Waals surface area contributed by atoms with E-state index in [1.165, 1.54) is 6.07 Å². The number of hydrogen-bond donors (Lipinski definition) is 1. The van der Waals surface area contributed by atoms with Crippen molar-refractivity contribution in [1.82, 2.24) is 9.88 Å². The fourth-order valence-corrected chi connectivity index (χ4v) is 1.84. The zero-order valence-electron chi connectivity index (χ0n) is 10.5. The van der Waals surface area contributed by atoms with E-state index in [-0.39, 0.29) is 6.04 Å². The number of hydrogen-bond acceptors (Lipinski definition) is 1. The van der Waals surface area contributed by atoms with E-state index in [1.807, 2.05) is 37.0 Å². The van der Waals surface area contributed by atoms with Crippen LogP contribution in [0.25, 0.3) is 0 Å². The molecule has 0 aliphatic heterocycles. The second-order valence-corrected chi connectivity index (χ2v) is 4.46. The Kier molecular flexibility index (Phi) is 3.77. The molecule has 0 spiro atoms. The van der Waals surface area contributed by atoms with Crippen LogP contribution in [0.4, 0.5) is 8.78 Å². The van der Waals surface area contributed by atoms with Gasteiger partial charge >= 0.3 is 0 Å². The number of nitrogens with zero attached hydrogens (tertiary/aromatic N) is 1. The molecular formula is C14H16F2N2. The predicted molar refractivity (Wildman–Crippen MR) is 67.0 cm³/mol. The van der Waals surface area contributed by atoms with Gasteiger partial charge in [0.1, 0.15) is 0 Å². The Balaban J connectivity index is 1.99. The fraction of sp³-hybridized carbons (Fsp3) is 0.286. The highest BCUT2D eigenvalue weighted by atomic mass is 19.2. The van der Waals surface area contributed by atoms with E-state index >= 15 is 0 Å². The van der Waals surface area contributed by atoms with Crippen molar-refractivity contribution >= 4 is 0 Å². The van der Waals surface area contributed by atoms with Crippen molar-refractivity contribution in [1.29, 1.82) is 0 Å². The maximum absolute atomic E-state index is 13.1. The smallest absolute Gasteiger partial charge is 0.159 e.